The first-order valence-electron chi connectivity index (χ1n) is 7.88. The second kappa shape index (κ2) is 7.35. The molecule has 1 aliphatic rings. The Morgan fingerprint density at radius 3 is 2.65 bits per heavy atom. The van der Waals surface area contributed by atoms with Crippen molar-refractivity contribution < 1.29 is 9.53 Å². The predicted octanol–water partition coefficient (Wildman–Crippen LogP) is 1.79. The van der Waals surface area contributed by atoms with Gasteiger partial charge in [-0.2, -0.15) is 0 Å². The predicted molar refractivity (Wildman–Crippen MR) is 87.6 cm³/mol. The van der Waals surface area contributed by atoms with E-state index in [0.717, 1.165) is 17.5 Å². The van der Waals surface area contributed by atoms with Gasteiger partial charge in [0.05, 0.1) is 12.1 Å². The normalized spacial score (nSPS) is 21.8. The van der Waals surface area contributed by atoms with Crippen molar-refractivity contribution in [3.05, 3.63) is 66.0 Å². The van der Waals surface area contributed by atoms with E-state index >= 15 is 0 Å². The molecule has 1 aliphatic heterocycles. The molecule has 5 heteroatoms. The van der Waals surface area contributed by atoms with E-state index < -0.39 is 6.10 Å². The Kier molecular flexibility index (Phi) is 5.00. The number of ether oxygens (including phenoxy) is 1. The number of amides is 1. The molecular weight excluding hydrogens is 290 g/mol. The summed E-state index contributed by atoms with van der Waals surface area (Å²) >= 11 is 0. The Balaban J connectivity index is 1.78. The number of pyridine rings is 1. The second-order valence-electron chi connectivity index (χ2n) is 5.70. The molecule has 0 spiro atoms. The minimum absolute atomic E-state index is 0.0145. The highest BCUT2D eigenvalue weighted by Crippen LogP contribution is 2.24. The van der Waals surface area contributed by atoms with Crippen LogP contribution in [0.3, 0.4) is 0 Å². The van der Waals surface area contributed by atoms with E-state index in [0.29, 0.717) is 13.0 Å². The fraction of sp³-hybridized carbons (Fsp3) is 0.333. The van der Waals surface area contributed by atoms with Crippen LogP contribution >= 0.6 is 0 Å². The van der Waals surface area contributed by atoms with Gasteiger partial charge in [-0.05, 0) is 30.0 Å². The molecule has 0 bridgehead atoms. The third kappa shape index (κ3) is 3.75. The SMILES string of the molecule is NC[C@H]1CC[C@@H](C(=O)NC(c2ccccc2)c2cccnc2)O1. The Hall–Kier alpha value is -2.24. The topological polar surface area (TPSA) is 77.2 Å². The Bertz CT molecular complexity index is 594. The molecule has 1 aromatic carbocycles. The molecule has 5 nitrogen and oxygen atoms in total. The Morgan fingerprint density at radius 1 is 1.22 bits per heavy atom. The lowest BCUT2D eigenvalue weighted by Crippen LogP contribution is -2.38. The van der Waals surface area contributed by atoms with Crippen LogP contribution in [-0.2, 0) is 9.53 Å². The van der Waals surface area contributed by atoms with Crippen molar-refractivity contribution >= 4 is 5.91 Å². The molecule has 120 valence electrons. The van der Waals surface area contributed by atoms with Crippen molar-refractivity contribution in [3.8, 4) is 0 Å². The number of aromatic nitrogens is 1. The first kappa shape index (κ1) is 15.6. The molecule has 0 radical (unpaired) electrons. The zero-order valence-corrected chi connectivity index (χ0v) is 12.9. The number of rotatable bonds is 5. The molecule has 23 heavy (non-hydrogen) atoms. The van der Waals surface area contributed by atoms with Crippen LogP contribution in [0.5, 0.6) is 0 Å². The lowest BCUT2D eigenvalue weighted by Gasteiger charge is -2.21. The van der Waals surface area contributed by atoms with Crippen molar-refractivity contribution in [2.45, 2.75) is 31.1 Å². The monoisotopic (exact) mass is 311 g/mol. The zero-order chi connectivity index (χ0) is 16.1. The molecular formula is C18H21N3O2. The van der Waals surface area contributed by atoms with E-state index in [-0.39, 0.29) is 18.1 Å². The maximum Gasteiger partial charge on any atom is 0.249 e. The largest absolute Gasteiger partial charge is 0.364 e. The average molecular weight is 311 g/mol. The summed E-state index contributed by atoms with van der Waals surface area (Å²) in [6.07, 6.45) is 4.60. The van der Waals surface area contributed by atoms with Crippen LogP contribution in [0.4, 0.5) is 0 Å². The van der Waals surface area contributed by atoms with Crippen LogP contribution in [0.15, 0.2) is 54.9 Å². The van der Waals surface area contributed by atoms with Gasteiger partial charge in [-0.1, -0.05) is 36.4 Å². The number of benzene rings is 1. The highest BCUT2D eigenvalue weighted by molar-refractivity contribution is 5.82. The molecule has 1 fully saturated rings. The minimum atomic E-state index is -0.425. The van der Waals surface area contributed by atoms with Crippen LogP contribution in [0.25, 0.3) is 0 Å². The van der Waals surface area contributed by atoms with Gasteiger partial charge in [0.15, 0.2) is 0 Å². The summed E-state index contributed by atoms with van der Waals surface area (Å²) in [5.41, 5.74) is 7.58. The Labute approximate surface area is 135 Å². The maximum atomic E-state index is 12.6. The molecule has 2 aromatic rings. The van der Waals surface area contributed by atoms with Gasteiger partial charge in [-0.3, -0.25) is 9.78 Å². The zero-order valence-electron chi connectivity index (χ0n) is 12.9. The third-order valence-electron chi connectivity index (χ3n) is 4.10. The first-order valence-corrected chi connectivity index (χ1v) is 7.88. The van der Waals surface area contributed by atoms with Gasteiger partial charge in [-0.15, -0.1) is 0 Å². The summed E-state index contributed by atoms with van der Waals surface area (Å²) in [7, 11) is 0. The van der Waals surface area contributed by atoms with Gasteiger partial charge < -0.3 is 15.8 Å². The van der Waals surface area contributed by atoms with E-state index in [1.54, 1.807) is 12.4 Å². The summed E-state index contributed by atoms with van der Waals surface area (Å²) in [5.74, 6) is -0.0985. The van der Waals surface area contributed by atoms with Crippen LogP contribution in [0, 0.1) is 0 Å². The fourth-order valence-electron chi connectivity index (χ4n) is 2.86. The highest BCUT2D eigenvalue weighted by atomic mass is 16.5. The third-order valence-corrected chi connectivity index (χ3v) is 4.10. The van der Waals surface area contributed by atoms with Gasteiger partial charge in [-0.25, -0.2) is 0 Å². The van der Waals surface area contributed by atoms with Gasteiger partial charge >= 0.3 is 0 Å². The Morgan fingerprint density at radius 2 is 2.00 bits per heavy atom. The molecule has 1 amide bonds. The summed E-state index contributed by atoms with van der Waals surface area (Å²) in [5, 5.41) is 3.09. The molecule has 3 N–H and O–H groups in total. The molecule has 1 saturated heterocycles. The lowest BCUT2D eigenvalue weighted by atomic mass is 10.00. The smallest absolute Gasteiger partial charge is 0.249 e. The molecule has 1 unspecified atom stereocenters. The van der Waals surface area contributed by atoms with Crippen molar-refractivity contribution in [1.29, 1.82) is 0 Å². The number of hydrogen-bond donors (Lipinski definition) is 2. The summed E-state index contributed by atoms with van der Waals surface area (Å²) in [4.78, 5) is 16.7. The quantitative estimate of drug-likeness (QED) is 0.882. The summed E-state index contributed by atoms with van der Waals surface area (Å²) in [6.45, 7) is 0.453. The molecule has 0 aliphatic carbocycles. The van der Waals surface area contributed by atoms with Crippen molar-refractivity contribution in [2.24, 2.45) is 5.73 Å². The number of nitrogens with zero attached hydrogens (tertiary/aromatic N) is 1. The summed E-state index contributed by atoms with van der Waals surface area (Å²) < 4.78 is 5.69. The minimum Gasteiger partial charge on any atom is -0.364 e. The van der Waals surface area contributed by atoms with Crippen molar-refractivity contribution in [1.82, 2.24) is 10.3 Å². The van der Waals surface area contributed by atoms with Gasteiger partial charge in [0.1, 0.15) is 6.10 Å². The number of nitrogens with two attached hydrogens (primary N) is 1. The molecule has 3 atom stereocenters. The van der Waals surface area contributed by atoms with Crippen LogP contribution in [-0.4, -0.2) is 29.6 Å². The van der Waals surface area contributed by atoms with Crippen LogP contribution < -0.4 is 11.1 Å². The van der Waals surface area contributed by atoms with E-state index in [4.69, 9.17) is 10.5 Å². The molecule has 2 heterocycles. The number of nitrogens with one attached hydrogen (secondary N) is 1. The van der Waals surface area contributed by atoms with Crippen molar-refractivity contribution in [3.63, 3.8) is 0 Å². The van der Waals surface area contributed by atoms with Gasteiger partial charge in [0.2, 0.25) is 5.91 Å². The molecule has 0 saturated carbocycles. The standard InChI is InChI=1S/C18H21N3O2/c19-11-15-8-9-16(23-15)18(22)21-17(13-5-2-1-3-6-13)14-7-4-10-20-12-14/h1-7,10,12,15-17H,8-9,11,19H2,(H,21,22)/t15-,16+,17?/m1/s1. The van der Waals surface area contributed by atoms with Crippen molar-refractivity contribution in [2.75, 3.05) is 6.54 Å². The molecule has 3 rings (SSSR count). The first-order chi connectivity index (χ1) is 11.3. The molecule has 1 aromatic heterocycles. The van der Waals surface area contributed by atoms with E-state index in [9.17, 15) is 4.79 Å². The van der Waals surface area contributed by atoms with Gasteiger partial charge in [0.25, 0.3) is 0 Å². The number of hydrogen-bond acceptors (Lipinski definition) is 4. The maximum absolute atomic E-state index is 12.6. The average Bonchev–Trinajstić information content (AvgIpc) is 3.10. The van der Waals surface area contributed by atoms with E-state index in [1.165, 1.54) is 0 Å². The van der Waals surface area contributed by atoms with Gasteiger partial charge in [0, 0.05) is 18.9 Å². The number of carbonyl (C=O) groups excluding carboxylic acids is 1. The number of carbonyl (C=O) groups is 1. The van der Waals surface area contributed by atoms with E-state index in [2.05, 4.69) is 10.3 Å². The fourth-order valence-corrected chi connectivity index (χ4v) is 2.86. The highest BCUT2D eigenvalue weighted by Gasteiger charge is 2.31. The van der Waals surface area contributed by atoms with Crippen LogP contribution in [0.2, 0.25) is 0 Å². The van der Waals surface area contributed by atoms with Crippen LogP contribution in [0.1, 0.15) is 30.0 Å². The van der Waals surface area contributed by atoms with E-state index in [1.807, 2.05) is 42.5 Å². The second-order valence-corrected chi connectivity index (χ2v) is 5.70. The summed E-state index contributed by atoms with van der Waals surface area (Å²) in [6, 6.07) is 13.5. The lowest BCUT2D eigenvalue weighted by molar-refractivity contribution is -0.132.